The van der Waals surface area contributed by atoms with Crippen LogP contribution in [0.3, 0.4) is 0 Å². The van der Waals surface area contributed by atoms with E-state index in [1.165, 1.54) is 0 Å². The summed E-state index contributed by atoms with van der Waals surface area (Å²) in [5, 5.41) is 17.2. The van der Waals surface area contributed by atoms with E-state index < -0.39 is 11.8 Å². The monoisotopic (exact) mass is 592 g/mol. The SMILES string of the molecule is O=C(CN1C(=O)c2ccc(N3CCN(CCO)CC3)cc2C1=O)NCCCCCCNc1ccnc2cc(Cl)ccc12. The molecule has 3 heterocycles. The highest BCUT2D eigenvalue weighted by Crippen LogP contribution is 2.28. The first-order chi connectivity index (χ1) is 20.4. The number of piperazine rings is 1. The number of hydrogen-bond acceptors (Lipinski definition) is 8. The minimum atomic E-state index is -0.429. The first-order valence-electron chi connectivity index (χ1n) is 14.6. The van der Waals surface area contributed by atoms with Crippen LogP contribution in [0.5, 0.6) is 0 Å². The second-order valence-corrected chi connectivity index (χ2v) is 11.1. The molecule has 0 aliphatic carbocycles. The van der Waals surface area contributed by atoms with Crippen LogP contribution in [-0.2, 0) is 4.79 Å². The van der Waals surface area contributed by atoms with Crippen molar-refractivity contribution in [3.05, 3.63) is 64.8 Å². The molecule has 2 aliphatic heterocycles. The summed E-state index contributed by atoms with van der Waals surface area (Å²) < 4.78 is 0. The number of carbonyl (C=O) groups is 3. The third kappa shape index (κ3) is 7.00. The second-order valence-electron chi connectivity index (χ2n) is 10.7. The lowest BCUT2D eigenvalue weighted by atomic mass is 10.1. The molecule has 0 spiro atoms. The third-order valence-electron chi connectivity index (χ3n) is 7.86. The molecule has 3 amide bonds. The number of unbranched alkanes of at least 4 members (excludes halogenated alkanes) is 3. The van der Waals surface area contributed by atoms with Crippen molar-refractivity contribution in [1.29, 1.82) is 0 Å². The van der Waals surface area contributed by atoms with E-state index in [9.17, 15) is 14.4 Å². The molecule has 10 nitrogen and oxygen atoms in total. The number of imide groups is 1. The third-order valence-corrected chi connectivity index (χ3v) is 8.09. The van der Waals surface area contributed by atoms with Gasteiger partial charge in [0.2, 0.25) is 5.91 Å². The lowest BCUT2D eigenvalue weighted by molar-refractivity contribution is -0.121. The number of pyridine rings is 1. The average Bonchev–Trinajstić information content (AvgIpc) is 3.23. The van der Waals surface area contributed by atoms with Gasteiger partial charge < -0.3 is 20.6 Å². The zero-order valence-corrected chi connectivity index (χ0v) is 24.4. The number of anilines is 2. The Morgan fingerprint density at radius 2 is 1.67 bits per heavy atom. The maximum absolute atomic E-state index is 13.0. The average molecular weight is 593 g/mol. The molecule has 5 rings (SSSR count). The van der Waals surface area contributed by atoms with Crippen molar-refractivity contribution in [2.45, 2.75) is 25.7 Å². The van der Waals surface area contributed by atoms with Gasteiger partial charge in [-0.3, -0.25) is 29.2 Å². The molecule has 3 N–H and O–H groups in total. The number of halogens is 1. The molecule has 11 heteroatoms. The van der Waals surface area contributed by atoms with Crippen molar-refractivity contribution >= 4 is 51.6 Å². The Labute approximate surface area is 250 Å². The maximum atomic E-state index is 13.0. The number of nitrogens with one attached hydrogen (secondary N) is 2. The molecule has 1 fully saturated rings. The van der Waals surface area contributed by atoms with Gasteiger partial charge in [-0.15, -0.1) is 0 Å². The van der Waals surface area contributed by atoms with Gasteiger partial charge in [0.15, 0.2) is 0 Å². The summed E-state index contributed by atoms with van der Waals surface area (Å²) >= 11 is 6.07. The van der Waals surface area contributed by atoms with Gasteiger partial charge in [-0.2, -0.15) is 0 Å². The van der Waals surface area contributed by atoms with E-state index in [0.29, 0.717) is 29.2 Å². The van der Waals surface area contributed by atoms with Crippen LogP contribution in [-0.4, -0.2) is 96.6 Å². The normalized spacial score (nSPS) is 15.4. The fraction of sp³-hybridized carbons (Fsp3) is 0.419. The zero-order valence-electron chi connectivity index (χ0n) is 23.6. The quantitative estimate of drug-likeness (QED) is 0.204. The topological polar surface area (TPSA) is 118 Å². The molecule has 2 aliphatic rings. The molecule has 1 aromatic heterocycles. The number of aliphatic hydroxyl groups is 1. The summed E-state index contributed by atoms with van der Waals surface area (Å²) in [5.74, 6) is -1.19. The molecular formula is C31H37ClN6O4. The lowest BCUT2D eigenvalue weighted by Gasteiger charge is -2.35. The highest BCUT2D eigenvalue weighted by molar-refractivity contribution is 6.31. The summed E-state index contributed by atoms with van der Waals surface area (Å²) in [6, 6.07) is 13.0. The van der Waals surface area contributed by atoms with Crippen LogP contribution in [0.2, 0.25) is 5.02 Å². The van der Waals surface area contributed by atoms with Crippen molar-refractivity contribution in [3.63, 3.8) is 0 Å². The predicted octanol–water partition coefficient (Wildman–Crippen LogP) is 3.39. The van der Waals surface area contributed by atoms with Crippen LogP contribution in [0.15, 0.2) is 48.7 Å². The van der Waals surface area contributed by atoms with Gasteiger partial charge in [-0.25, -0.2) is 0 Å². The Kier molecular flexibility index (Phi) is 9.89. The number of β-amino-alcohol motifs (C(OH)–C–C–N with tert-alkyl or cyclic N) is 1. The molecule has 0 saturated carbocycles. The number of carbonyl (C=O) groups excluding carboxylic acids is 3. The number of hydrogen-bond donors (Lipinski definition) is 3. The van der Waals surface area contributed by atoms with Crippen LogP contribution in [0.4, 0.5) is 11.4 Å². The number of nitrogens with zero attached hydrogens (tertiary/aromatic N) is 4. The largest absolute Gasteiger partial charge is 0.395 e. The smallest absolute Gasteiger partial charge is 0.262 e. The number of aliphatic hydroxyl groups excluding tert-OH is 1. The van der Waals surface area contributed by atoms with E-state index in [-0.39, 0.29) is 19.1 Å². The summed E-state index contributed by atoms with van der Waals surface area (Å²) in [4.78, 5) is 48.2. The number of fused-ring (bicyclic) bond motifs is 2. The Morgan fingerprint density at radius 1 is 0.905 bits per heavy atom. The van der Waals surface area contributed by atoms with Gasteiger partial charge >= 0.3 is 0 Å². The summed E-state index contributed by atoms with van der Waals surface area (Å²) in [6.45, 7) is 5.05. The van der Waals surface area contributed by atoms with Crippen molar-refractivity contribution in [2.24, 2.45) is 0 Å². The van der Waals surface area contributed by atoms with E-state index in [2.05, 4.69) is 25.4 Å². The summed E-state index contributed by atoms with van der Waals surface area (Å²) in [5.41, 5.74) is 3.47. The van der Waals surface area contributed by atoms with E-state index >= 15 is 0 Å². The highest BCUT2D eigenvalue weighted by atomic mass is 35.5. The van der Waals surface area contributed by atoms with E-state index in [4.69, 9.17) is 16.7 Å². The van der Waals surface area contributed by atoms with Crippen LogP contribution in [0.25, 0.3) is 10.9 Å². The molecule has 42 heavy (non-hydrogen) atoms. The van der Waals surface area contributed by atoms with Crippen LogP contribution in [0, 0.1) is 0 Å². The Morgan fingerprint density at radius 3 is 2.45 bits per heavy atom. The van der Waals surface area contributed by atoms with Crippen molar-refractivity contribution in [1.82, 2.24) is 20.1 Å². The fourth-order valence-electron chi connectivity index (χ4n) is 5.52. The number of rotatable bonds is 13. The Balaban J connectivity index is 1.00. The van der Waals surface area contributed by atoms with E-state index in [1.807, 2.05) is 30.3 Å². The predicted molar refractivity (Wildman–Crippen MR) is 164 cm³/mol. The molecule has 0 bridgehead atoms. The Hall–Kier alpha value is -3.73. The first kappa shape index (κ1) is 29.8. The molecular weight excluding hydrogens is 556 g/mol. The van der Waals surface area contributed by atoms with E-state index in [1.54, 1.807) is 18.3 Å². The van der Waals surface area contributed by atoms with Gasteiger partial charge in [-0.1, -0.05) is 24.4 Å². The van der Waals surface area contributed by atoms with Crippen molar-refractivity contribution in [2.75, 3.05) is 69.2 Å². The molecule has 2 aromatic carbocycles. The number of aromatic nitrogens is 1. The lowest BCUT2D eigenvalue weighted by Crippen LogP contribution is -2.47. The molecule has 0 atom stereocenters. The fourth-order valence-corrected chi connectivity index (χ4v) is 5.69. The number of amides is 3. The van der Waals surface area contributed by atoms with Gasteiger partial charge in [-0.05, 0) is 55.3 Å². The molecule has 0 radical (unpaired) electrons. The van der Waals surface area contributed by atoms with E-state index in [0.717, 1.165) is 85.6 Å². The van der Waals surface area contributed by atoms with Crippen LogP contribution in [0.1, 0.15) is 46.4 Å². The second kappa shape index (κ2) is 14.0. The van der Waals surface area contributed by atoms with Crippen molar-refractivity contribution in [3.8, 4) is 0 Å². The first-order valence-corrected chi connectivity index (χ1v) is 15.0. The van der Waals surface area contributed by atoms with Gasteiger partial charge in [0, 0.05) is 73.8 Å². The Bertz CT molecular complexity index is 1440. The molecule has 3 aromatic rings. The summed E-state index contributed by atoms with van der Waals surface area (Å²) in [7, 11) is 0. The summed E-state index contributed by atoms with van der Waals surface area (Å²) in [6.07, 6.45) is 5.54. The standard InChI is InChI=1S/C31H37ClN6O4/c32-22-5-7-25-27(9-12-34-28(25)19-22)33-10-3-1-2-4-11-35-29(40)21-38-30(41)24-8-6-23(20-26(24)31(38)42)37-15-13-36(14-16-37)17-18-39/h5-9,12,19-20,39H,1-4,10-11,13-18,21H2,(H,33,34)(H,35,40). The molecule has 0 unspecified atom stereocenters. The zero-order chi connectivity index (χ0) is 29.5. The highest BCUT2D eigenvalue weighted by Gasteiger charge is 2.37. The van der Waals surface area contributed by atoms with Gasteiger partial charge in [0.1, 0.15) is 6.54 Å². The van der Waals surface area contributed by atoms with Gasteiger partial charge in [0.05, 0.1) is 23.3 Å². The minimum absolute atomic E-state index is 0.138. The minimum Gasteiger partial charge on any atom is -0.395 e. The van der Waals surface area contributed by atoms with Gasteiger partial charge in [0.25, 0.3) is 11.8 Å². The maximum Gasteiger partial charge on any atom is 0.262 e. The number of benzene rings is 2. The molecule has 222 valence electrons. The van der Waals surface area contributed by atoms with Crippen LogP contribution >= 0.6 is 11.6 Å². The van der Waals surface area contributed by atoms with Crippen LogP contribution < -0.4 is 15.5 Å². The van der Waals surface area contributed by atoms with Crippen molar-refractivity contribution < 1.29 is 19.5 Å². The molecule has 1 saturated heterocycles.